The molecule has 0 saturated carbocycles. The van der Waals surface area contributed by atoms with Crippen LogP contribution in [-0.2, 0) is 7.05 Å². The molecule has 1 atom stereocenters. The summed E-state index contributed by atoms with van der Waals surface area (Å²) in [4.78, 5) is 23.8. The van der Waals surface area contributed by atoms with E-state index in [0.717, 1.165) is 30.2 Å². The number of hydrogen-bond donors (Lipinski definition) is 1. The van der Waals surface area contributed by atoms with Crippen LogP contribution in [0.2, 0.25) is 5.02 Å². The summed E-state index contributed by atoms with van der Waals surface area (Å²) in [6, 6.07) is 8.82. The molecule has 2 aromatic heterocycles. The SMILES string of the molecule is Cc1cnc(-c2cc(NC(=O)c3ccc(OC[C@H]4CCCN(C)C4)nc3)ccc2Cl)n1C. The molecule has 1 aliphatic rings. The van der Waals surface area contributed by atoms with Gasteiger partial charge in [0.15, 0.2) is 0 Å². The Labute approximate surface area is 193 Å². The van der Waals surface area contributed by atoms with Crippen molar-refractivity contribution in [1.29, 1.82) is 0 Å². The Morgan fingerprint density at radius 1 is 1.22 bits per heavy atom. The van der Waals surface area contributed by atoms with Crippen molar-refractivity contribution in [2.24, 2.45) is 13.0 Å². The van der Waals surface area contributed by atoms with E-state index in [-0.39, 0.29) is 5.91 Å². The van der Waals surface area contributed by atoms with Gasteiger partial charge in [0, 0.05) is 54.9 Å². The molecule has 0 bridgehead atoms. The zero-order valence-corrected chi connectivity index (χ0v) is 19.4. The number of rotatable bonds is 6. The Kier molecular flexibility index (Phi) is 6.77. The van der Waals surface area contributed by atoms with E-state index < -0.39 is 0 Å². The molecule has 7 nitrogen and oxygen atoms in total. The van der Waals surface area contributed by atoms with Crippen molar-refractivity contribution in [3.63, 3.8) is 0 Å². The van der Waals surface area contributed by atoms with Gasteiger partial charge in [-0.3, -0.25) is 4.79 Å². The molecule has 3 aromatic rings. The first-order valence-electron chi connectivity index (χ1n) is 10.8. The largest absolute Gasteiger partial charge is 0.477 e. The zero-order chi connectivity index (χ0) is 22.7. The number of imidazole rings is 1. The minimum absolute atomic E-state index is 0.248. The number of amides is 1. The normalized spacial score (nSPS) is 16.7. The minimum Gasteiger partial charge on any atom is -0.477 e. The Hall–Kier alpha value is -2.90. The van der Waals surface area contributed by atoms with E-state index in [4.69, 9.17) is 16.3 Å². The lowest BCUT2D eigenvalue weighted by Crippen LogP contribution is -2.34. The van der Waals surface area contributed by atoms with Gasteiger partial charge in [-0.2, -0.15) is 0 Å². The first kappa shape index (κ1) is 22.3. The van der Waals surface area contributed by atoms with Crippen LogP contribution in [0.4, 0.5) is 5.69 Å². The number of pyridine rings is 1. The van der Waals surface area contributed by atoms with Crippen LogP contribution < -0.4 is 10.1 Å². The fraction of sp³-hybridized carbons (Fsp3) is 0.375. The standard InChI is InChI=1S/C24H28ClN5O2/c1-16-12-27-23(30(16)3)20-11-19(7-8-21(20)25)28-24(31)18-6-9-22(26-13-18)32-15-17-5-4-10-29(2)14-17/h6-9,11-13,17H,4-5,10,14-15H2,1-3H3,(H,28,31)/t17-/m0/s1. The highest BCUT2D eigenvalue weighted by Crippen LogP contribution is 2.30. The zero-order valence-electron chi connectivity index (χ0n) is 18.6. The second-order valence-electron chi connectivity index (χ2n) is 8.40. The lowest BCUT2D eigenvalue weighted by molar-refractivity contribution is 0.102. The molecule has 1 amide bonds. The predicted molar refractivity (Wildman–Crippen MR) is 126 cm³/mol. The van der Waals surface area contributed by atoms with Gasteiger partial charge in [0.1, 0.15) is 5.82 Å². The molecule has 3 heterocycles. The van der Waals surface area contributed by atoms with Gasteiger partial charge in [0.05, 0.1) is 17.2 Å². The number of benzene rings is 1. The summed E-state index contributed by atoms with van der Waals surface area (Å²) in [6.07, 6.45) is 5.70. The minimum atomic E-state index is -0.248. The van der Waals surface area contributed by atoms with Crippen molar-refractivity contribution >= 4 is 23.2 Å². The second-order valence-corrected chi connectivity index (χ2v) is 8.80. The summed E-state index contributed by atoms with van der Waals surface area (Å²) in [5, 5.41) is 3.48. The first-order valence-corrected chi connectivity index (χ1v) is 11.2. The predicted octanol–water partition coefficient (Wildman–Crippen LogP) is 4.42. The van der Waals surface area contributed by atoms with Crippen LogP contribution in [0.5, 0.6) is 5.88 Å². The second kappa shape index (κ2) is 9.71. The van der Waals surface area contributed by atoms with Crippen molar-refractivity contribution in [3.05, 3.63) is 59.0 Å². The molecule has 4 rings (SSSR count). The van der Waals surface area contributed by atoms with E-state index in [2.05, 4.69) is 27.2 Å². The molecule has 0 radical (unpaired) electrons. The number of nitrogens with one attached hydrogen (secondary N) is 1. The molecule has 0 spiro atoms. The van der Waals surface area contributed by atoms with E-state index in [1.165, 1.54) is 19.0 Å². The summed E-state index contributed by atoms with van der Waals surface area (Å²) < 4.78 is 7.80. The number of halogens is 1. The lowest BCUT2D eigenvalue weighted by atomic mass is 10.00. The molecule has 8 heteroatoms. The molecule has 0 unspecified atom stereocenters. The van der Waals surface area contributed by atoms with Crippen molar-refractivity contribution in [2.75, 3.05) is 32.1 Å². The van der Waals surface area contributed by atoms with E-state index in [9.17, 15) is 4.79 Å². The number of aryl methyl sites for hydroxylation is 1. The number of anilines is 1. The average Bonchev–Trinajstić information content (AvgIpc) is 3.12. The fourth-order valence-electron chi connectivity index (χ4n) is 3.94. The smallest absolute Gasteiger partial charge is 0.257 e. The van der Waals surface area contributed by atoms with Crippen LogP contribution >= 0.6 is 11.6 Å². The third-order valence-corrected chi connectivity index (χ3v) is 6.20. The molecule has 1 aromatic carbocycles. The van der Waals surface area contributed by atoms with Gasteiger partial charge in [-0.15, -0.1) is 0 Å². The third-order valence-electron chi connectivity index (χ3n) is 5.87. The van der Waals surface area contributed by atoms with E-state index in [1.807, 2.05) is 24.6 Å². The number of ether oxygens (including phenoxy) is 1. The van der Waals surface area contributed by atoms with Crippen LogP contribution in [0.25, 0.3) is 11.4 Å². The van der Waals surface area contributed by atoms with E-state index in [0.29, 0.717) is 34.7 Å². The third kappa shape index (κ3) is 5.11. The molecule has 1 N–H and O–H groups in total. The Morgan fingerprint density at radius 2 is 2.06 bits per heavy atom. The number of aromatic nitrogens is 3. The number of likely N-dealkylation sites (tertiary alicyclic amines) is 1. The fourth-order valence-corrected chi connectivity index (χ4v) is 4.14. The Bertz CT molecular complexity index is 1100. The number of carbonyl (C=O) groups excluding carboxylic acids is 1. The molecule has 1 fully saturated rings. The summed E-state index contributed by atoms with van der Waals surface area (Å²) in [5.41, 5.74) is 2.88. The maximum absolute atomic E-state index is 12.7. The summed E-state index contributed by atoms with van der Waals surface area (Å²) >= 11 is 6.38. The van der Waals surface area contributed by atoms with Crippen molar-refractivity contribution in [2.45, 2.75) is 19.8 Å². The van der Waals surface area contributed by atoms with Crippen LogP contribution in [0.3, 0.4) is 0 Å². The summed E-state index contributed by atoms with van der Waals surface area (Å²) in [5.74, 6) is 1.55. The molecule has 32 heavy (non-hydrogen) atoms. The van der Waals surface area contributed by atoms with Gasteiger partial charge in [0.2, 0.25) is 5.88 Å². The maximum atomic E-state index is 12.7. The first-order chi connectivity index (χ1) is 15.4. The lowest BCUT2D eigenvalue weighted by Gasteiger charge is -2.29. The van der Waals surface area contributed by atoms with E-state index in [1.54, 1.807) is 30.5 Å². The number of carbonyl (C=O) groups is 1. The number of piperidine rings is 1. The van der Waals surface area contributed by atoms with Gasteiger partial charge in [-0.25, -0.2) is 9.97 Å². The van der Waals surface area contributed by atoms with Crippen molar-refractivity contribution in [1.82, 2.24) is 19.4 Å². The Morgan fingerprint density at radius 3 is 2.75 bits per heavy atom. The van der Waals surface area contributed by atoms with Gasteiger partial charge in [-0.05, 0) is 57.6 Å². The van der Waals surface area contributed by atoms with Gasteiger partial charge < -0.3 is 19.5 Å². The summed E-state index contributed by atoms with van der Waals surface area (Å²) in [7, 11) is 4.07. The highest BCUT2D eigenvalue weighted by molar-refractivity contribution is 6.33. The monoisotopic (exact) mass is 453 g/mol. The molecule has 0 aliphatic carbocycles. The van der Waals surface area contributed by atoms with Crippen LogP contribution in [0, 0.1) is 12.8 Å². The molecular formula is C24H28ClN5O2. The van der Waals surface area contributed by atoms with Crippen LogP contribution in [0.15, 0.2) is 42.7 Å². The quantitative estimate of drug-likeness (QED) is 0.598. The number of hydrogen-bond acceptors (Lipinski definition) is 5. The molecular weight excluding hydrogens is 426 g/mol. The van der Waals surface area contributed by atoms with Gasteiger partial charge >= 0.3 is 0 Å². The number of nitrogens with zero attached hydrogens (tertiary/aromatic N) is 4. The molecule has 168 valence electrons. The Balaban J connectivity index is 1.39. The molecule has 1 saturated heterocycles. The highest BCUT2D eigenvalue weighted by atomic mass is 35.5. The van der Waals surface area contributed by atoms with Crippen LogP contribution in [-0.4, -0.2) is 52.1 Å². The van der Waals surface area contributed by atoms with Crippen molar-refractivity contribution in [3.8, 4) is 17.3 Å². The van der Waals surface area contributed by atoms with Crippen LogP contribution in [0.1, 0.15) is 28.9 Å². The average molecular weight is 454 g/mol. The van der Waals surface area contributed by atoms with E-state index >= 15 is 0 Å². The van der Waals surface area contributed by atoms with Crippen molar-refractivity contribution < 1.29 is 9.53 Å². The summed E-state index contributed by atoms with van der Waals surface area (Å²) in [6.45, 7) is 4.81. The molecule has 1 aliphatic heterocycles. The van der Waals surface area contributed by atoms with Gasteiger partial charge in [0.25, 0.3) is 5.91 Å². The maximum Gasteiger partial charge on any atom is 0.257 e. The highest BCUT2D eigenvalue weighted by Gasteiger charge is 2.18. The van der Waals surface area contributed by atoms with Gasteiger partial charge in [-0.1, -0.05) is 11.6 Å². The topological polar surface area (TPSA) is 72.3 Å².